The second-order valence-electron chi connectivity index (χ2n) is 6.26. The molecule has 1 aliphatic carbocycles. The maximum atomic E-state index is 13.5. The lowest BCUT2D eigenvalue weighted by atomic mass is 9.97. The van der Waals surface area contributed by atoms with Crippen molar-refractivity contribution in [2.24, 2.45) is 5.73 Å². The lowest BCUT2D eigenvalue weighted by molar-refractivity contribution is 0.414. The molecule has 0 unspecified atom stereocenters. The second kappa shape index (κ2) is 7.42. The van der Waals surface area contributed by atoms with Gasteiger partial charge >= 0.3 is 0 Å². The Hall–Kier alpha value is -1.83. The number of benzene rings is 1. The third-order valence-electron chi connectivity index (χ3n) is 4.64. The van der Waals surface area contributed by atoms with Crippen LogP contribution in [-0.2, 0) is 12.8 Å². The van der Waals surface area contributed by atoms with Gasteiger partial charge in [0.1, 0.15) is 10.6 Å². The van der Waals surface area contributed by atoms with E-state index in [9.17, 15) is 4.79 Å². The van der Waals surface area contributed by atoms with Gasteiger partial charge < -0.3 is 10.5 Å². The van der Waals surface area contributed by atoms with Gasteiger partial charge in [0, 0.05) is 17.2 Å². The van der Waals surface area contributed by atoms with Crippen LogP contribution in [-0.4, -0.2) is 29.0 Å². The fraction of sp³-hybridized carbons (Fsp3) is 0.368. The van der Waals surface area contributed by atoms with Crippen molar-refractivity contribution in [3.63, 3.8) is 0 Å². The third kappa shape index (κ3) is 3.04. The summed E-state index contributed by atoms with van der Waals surface area (Å²) in [6.07, 6.45) is 4.37. The summed E-state index contributed by atoms with van der Waals surface area (Å²) in [6.45, 7) is 0.544. The normalized spacial score (nSPS) is 13.8. The molecule has 26 heavy (non-hydrogen) atoms. The number of aromatic nitrogens is 2. The Balaban J connectivity index is 1.95. The Morgan fingerprint density at radius 1 is 1.27 bits per heavy atom. The van der Waals surface area contributed by atoms with Gasteiger partial charge in [-0.3, -0.25) is 9.36 Å². The van der Waals surface area contributed by atoms with E-state index in [2.05, 4.69) is 0 Å². The molecule has 2 N–H and O–H groups in total. The minimum Gasteiger partial charge on any atom is -0.497 e. The molecule has 3 aromatic rings. The topological polar surface area (TPSA) is 70.1 Å². The van der Waals surface area contributed by atoms with Crippen molar-refractivity contribution in [3.05, 3.63) is 45.1 Å². The van der Waals surface area contributed by atoms with Gasteiger partial charge in [0.15, 0.2) is 5.16 Å². The molecule has 5 nitrogen and oxygen atoms in total. The zero-order valence-corrected chi connectivity index (χ0v) is 16.3. The number of rotatable bonds is 5. The Bertz CT molecular complexity index is 993. The number of thiophene rings is 1. The zero-order chi connectivity index (χ0) is 18.1. The highest BCUT2D eigenvalue weighted by Crippen LogP contribution is 2.35. The number of nitrogens with zero attached hydrogens (tertiary/aromatic N) is 2. The van der Waals surface area contributed by atoms with Gasteiger partial charge in [0.05, 0.1) is 18.2 Å². The molecule has 0 saturated heterocycles. The molecule has 2 heterocycles. The molecule has 4 rings (SSSR count). The van der Waals surface area contributed by atoms with Gasteiger partial charge in [-0.1, -0.05) is 11.8 Å². The fourth-order valence-corrected chi connectivity index (χ4v) is 5.48. The molecule has 7 heteroatoms. The predicted molar refractivity (Wildman–Crippen MR) is 108 cm³/mol. The van der Waals surface area contributed by atoms with Crippen molar-refractivity contribution in [2.45, 2.75) is 30.8 Å². The van der Waals surface area contributed by atoms with Crippen molar-refractivity contribution in [1.82, 2.24) is 9.55 Å². The van der Waals surface area contributed by atoms with Crippen molar-refractivity contribution in [3.8, 4) is 11.4 Å². The van der Waals surface area contributed by atoms with Gasteiger partial charge in [-0.25, -0.2) is 4.98 Å². The number of thioether (sulfide) groups is 1. The number of ether oxygens (including phenoxy) is 1. The van der Waals surface area contributed by atoms with Crippen LogP contribution >= 0.6 is 23.1 Å². The number of aryl methyl sites for hydroxylation is 2. The summed E-state index contributed by atoms with van der Waals surface area (Å²) < 4.78 is 6.97. The third-order valence-corrected chi connectivity index (χ3v) is 6.80. The molecule has 1 aromatic carbocycles. The molecular weight excluding hydrogens is 366 g/mol. The summed E-state index contributed by atoms with van der Waals surface area (Å²) in [6, 6.07) is 7.54. The van der Waals surface area contributed by atoms with E-state index in [1.54, 1.807) is 23.0 Å². The first kappa shape index (κ1) is 17.6. The Kier molecular flexibility index (Phi) is 5.02. The largest absolute Gasteiger partial charge is 0.497 e. The van der Waals surface area contributed by atoms with Crippen molar-refractivity contribution < 1.29 is 4.74 Å². The van der Waals surface area contributed by atoms with E-state index < -0.39 is 0 Å². The maximum absolute atomic E-state index is 13.5. The van der Waals surface area contributed by atoms with Gasteiger partial charge in [-0.05, 0) is 55.5 Å². The molecule has 0 aliphatic heterocycles. The minimum atomic E-state index is 0.0269. The molecule has 0 atom stereocenters. The van der Waals surface area contributed by atoms with E-state index >= 15 is 0 Å². The molecule has 0 spiro atoms. The van der Waals surface area contributed by atoms with Crippen LogP contribution in [0, 0.1) is 0 Å². The summed E-state index contributed by atoms with van der Waals surface area (Å²) in [4.78, 5) is 20.5. The molecule has 0 amide bonds. The van der Waals surface area contributed by atoms with Crippen LogP contribution in [0.1, 0.15) is 23.3 Å². The van der Waals surface area contributed by atoms with Gasteiger partial charge in [-0.15, -0.1) is 11.3 Å². The molecule has 136 valence electrons. The second-order valence-corrected chi connectivity index (χ2v) is 8.41. The number of hydrogen-bond acceptors (Lipinski definition) is 6. The van der Waals surface area contributed by atoms with E-state index in [0.29, 0.717) is 11.7 Å². The van der Waals surface area contributed by atoms with Crippen molar-refractivity contribution in [2.75, 3.05) is 19.4 Å². The van der Waals surface area contributed by atoms with Crippen molar-refractivity contribution >= 4 is 33.3 Å². The number of nitrogens with two attached hydrogens (primary N) is 1. The molecule has 0 bridgehead atoms. The van der Waals surface area contributed by atoms with Crippen LogP contribution in [0.5, 0.6) is 5.75 Å². The van der Waals surface area contributed by atoms with Crippen LogP contribution < -0.4 is 16.0 Å². The first-order valence-corrected chi connectivity index (χ1v) is 10.6. The quantitative estimate of drug-likeness (QED) is 0.537. The van der Waals surface area contributed by atoms with E-state index in [1.165, 1.54) is 28.6 Å². The highest BCUT2D eigenvalue weighted by Gasteiger charge is 2.22. The molecule has 2 aromatic heterocycles. The summed E-state index contributed by atoms with van der Waals surface area (Å²) >= 11 is 3.21. The summed E-state index contributed by atoms with van der Waals surface area (Å²) in [5.41, 5.74) is 7.73. The van der Waals surface area contributed by atoms with E-state index in [1.807, 2.05) is 24.3 Å². The number of methoxy groups -OCH3 is 1. The predicted octanol–water partition coefficient (Wildman–Crippen LogP) is 3.39. The molecule has 1 aliphatic rings. The Morgan fingerprint density at radius 3 is 2.77 bits per heavy atom. The smallest absolute Gasteiger partial charge is 0.267 e. The minimum absolute atomic E-state index is 0.0269. The SMILES string of the molecule is COc1ccc(-n2c(SCCN)nc3sc4c(c3c2=O)CCCC4)cc1. The van der Waals surface area contributed by atoms with Crippen LogP contribution in [0.3, 0.4) is 0 Å². The van der Waals surface area contributed by atoms with E-state index in [4.69, 9.17) is 15.5 Å². The van der Waals surface area contributed by atoms with E-state index in [0.717, 1.165) is 46.7 Å². The Morgan fingerprint density at radius 2 is 2.04 bits per heavy atom. The van der Waals surface area contributed by atoms with Crippen molar-refractivity contribution in [1.29, 1.82) is 0 Å². The lowest BCUT2D eigenvalue weighted by Gasteiger charge is -2.13. The first-order valence-electron chi connectivity index (χ1n) is 8.77. The van der Waals surface area contributed by atoms with Gasteiger partial charge in [-0.2, -0.15) is 0 Å². The highest BCUT2D eigenvalue weighted by atomic mass is 32.2. The monoisotopic (exact) mass is 387 g/mol. The summed E-state index contributed by atoms with van der Waals surface area (Å²) in [7, 11) is 1.63. The fourth-order valence-electron chi connectivity index (χ4n) is 3.39. The number of hydrogen-bond donors (Lipinski definition) is 1. The standard InChI is InChI=1S/C19H21N3O2S2/c1-24-13-8-6-12(7-9-13)22-18(23)16-14-4-2-3-5-15(14)26-17(16)21-19(22)25-11-10-20/h6-9H,2-5,10-11,20H2,1H3. The van der Waals surface area contributed by atoms with Crippen LogP contribution in [0.25, 0.3) is 15.9 Å². The van der Waals surface area contributed by atoms with Crippen LogP contribution in [0.15, 0.2) is 34.2 Å². The van der Waals surface area contributed by atoms with Gasteiger partial charge in [0.25, 0.3) is 5.56 Å². The zero-order valence-electron chi connectivity index (χ0n) is 14.7. The molecule has 0 radical (unpaired) electrons. The van der Waals surface area contributed by atoms with Gasteiger partial charge in [0.2, 0.25) is 0 Å². The molecular formula is C19H21N3O2S2. The lowest BCUT2D eigenvalue weighted by Crippen LogP contribution is -2.22. The molecule has 0 saturated carbocycles. The average Bonchev–Trinajstić information content (AvgIpc) is 3.05. The Labute approximate surface area is 160 Å². The summed E-state index contributed by atoms with van der Waals surface area (Å²) in [5.74, 6) is 1.49. The van der Waals surface area contributed by atoms with Crippen LogP contribution in [0.2, 0.25) is 0 Å². The first-order chi connectivity index (χ1) is 12.7. The van der Waals surface area contributed by atoms with E-state index in [-0.39, 0.29) is 5.56 Å². The number of fused-ring (bicyclic) bond motifs is 3. The highest BCUT2D eigenvalue weighted by molar-refractivity contribution is 7.99. The summed E-state index contributed by atoms with van der Waals surface area (Å²) in [5, 5.41) is 1.51. The average molecular weight is 388 g/mol. The van der Waals surface area contributed by atoms with Crippen LogP contribution in [0.4, 0.5) is 0 Å². The maximum Gasteiger partial charge on any atom is 0.267 e. The molecule has 0 fully saturated rings.